The summed E-state index contributed by atoms with van der Waals surface area (Å²) in [6, 6.07) is -6.28. The Labute approximate surface area is 200 Å². The number of ether oxygens (including phenoxy) is 3. The van der Waals surface area contributed by atoms with Gasteiger partial charge in [-0.3, -0.25) is 9.69 Å². The SMILES string of the molecule is [2H]c1c2c(c([2H])c(OC([2H])([2H])[2H])c1OC)C1([2H])CC(OC(=O)[C@@]([2H])(N)C([2H])(C([2H])([2H])[2H])C([2H])([2H])[2H])C(CC(C)C)CN1CC2. The van der Waals surface area contributed by atoms with Crippen LogP contribution in [0, 0.1) is 17.7 Å². The Balaban J connectivity index is 2.16. The number of hydrogen-bond acceptors (Lipinski definition) is 6. The number of rotatable bonds is 7. The van der Waals surface area contributed by atoms with Crippen molar-refractivity contribution < 1.29 is 38.2 Å². The normalized spacial score (nSPS) is 36.8. The molecular formula is C24H38N2O4. The number of fused-ring (bicyclic) bond motifs is 3. The van der Waals surface area contributed by atoms with Crippen LogP contribution in [0.1, 0.15) is 76.7 Å². The Hall–Kier alpha value is -1.79. The van der Waals surface area contributed by atoms with Crippen molar-refractivity contribution in [3.05, 3.63) is 23.2 Å². The number of piperidine rings is 1. The number of nitrogens with zero attached hydrogens (tertiary/aromatic N) is 1. The summed E-state index contributed by atoms with van der Waals surface area (Å²) in [6.45, 7) is -3.27. The highest BCUT2D eigenvalue weighted by Gasteiger charge is 2.41. The van der Waals surface area contributed by atoms with E-state index in [2.05, 4.69) is 0 Å². The van der Waals surface area contributed by atoms with Gasteiger partial charge in [0.05, 0.1) is 23.7 Å². The number of esters is 1. The summed E-state index contributed by atoms with van der Waals surface area (Å²) >= 11 is 0. The van der Waals surface area contributed by atoms with Crippen LogP contribution in [0.15, 0.2) is 12.1 Å². The Morgan fingerprint density at radius 3 is 2.83 bits per heavy atom. The number of nitrogens with two attached hydrogens (primary N) is 1. The van der Waals surface area contributed by atoms with Gasteiger partial charge in [0.2, 0.25) is 0 Å². The molecule has 0 aromatic heterocycles. The second-order valence-electron chi connectivity index (χ2n) is 8.04. The molecule has 2 aliphatic heterocycles. The van der Waals surface area contributed by atoms with Crippen molar-refractivity contribution in [2.24, 2.45) is 23.5 Å². The van der Waals surface area contributed by atoms with Gasteiger partial charge in [0.15, 0.2) is 11.5 Å². The van der Waals surface area contributed by atoms with Crippen LogP contribution in [0.4, 0.5) is 0 Å². The van der Waals surface area contributed by atoms with E-state index in [1.807, 2.05) is 13.8 Å². The first-order valence-corrected chi connectivity index (χ1v) is 9.89. The molecule has 0 amide bonds. The number of methoxy groups -OCH3 is 2. The summed E-state index contributed by atoms with van der Waals surface area (Å²) in [6.07, 6.45) is -1.03. The average Bonchev–Trinajstić information content (AvgIpc) is 2.84. The third kappa shape index (κ3) is 4.75. The monoisotopic (exact) mass is 432 g/mol. The third-order valence-corrected chi connectivity index (χ3v) is 5.52. The van der Waals surface area contributed by atoms with Gasteiger partial charge in [-0.1, -0.05) is 27.6 Å². The van der Waals surface area contributed by atoms with E-state index >= 15 is 0 Å². The average molecular weight is 433 g/mol. The molecule has 2 N–H and O–H groups in total. The molecule has 30 heavy (non-hydrogen) atoms. The topological polar surface area (TPSA) is 74.0 Å². The van der Waals surface area contributed by atoms with Crippen molar-refractivity contribution in [1.29, 1.82) is 0 Å². The summed E-state index contributed by atoms with van der Waals surface area (Å²) in [7, 11) is -1.83. The van der Waals surface area contributed by atoms with E-state index in [9.17, 15) is 6.17 Å². The summed E-state index contributed by atoms with van der Waals surface area (Å²) in [5, 5.41) is 0. The van der Waals surface area contributed by atoms with E-state index in [4.69, 9.17) is 37.8 Å². The van der Waals surface area contributed by atoms with Crippen LogP contribution >= 0.6 is 0 Å². The minimum Gasteiger partial charge on any atom is -0.493 e. The van der Waals surface area contributed by atoms with Crippen molar-refractivity contribution in [2.45, 2.75) is 65.0 Å². The molecule has 2 heterocycles. The van der Waals surface area contributed by atoms with Crippen LogP contribution in [-0.4, -0.2) is 50.2 Å². The zero-order chi connectivity index (χ0) is 34.0. The molecule has 0 aliphatic carbocycles. The number of carbonyl (C=O) groups excluding carboxylic acids is 1. The molecule has 1 fully saturated rings. The maximum Gasteiger partial charge on any atom is 0.323 e. The molecule has 0 saturated carbocycles. The number of benzene rings is 1. The van der Waals surface area contributed by atoms with Gasteiger partial charge in [-0.15, -0.1) is 0 Å². The van der Waals surface area contributed by atoms with Gasteiger partial charge in [0.25, 0.3) is 0 Å². The number of hydrogen-bond donors (Lipinski definition) is 1. The Bertz CT molecular complexity index is 1250. The molecule has 6 nitrogen and oxygen atoms in total. The van der Waals surface area contributed by atoms with Crippen molar-refractivity contribution in [3.63, 3.8) is 0 Å². The highest BCUT2D eigenvalue weighted by Crippen LogP contribution is 2.44. The van der Waals surface area contributed by atoms with Gasteiger partial charge in [-0.25, -0.2) is 0 Å². The van der Waals surface area contributed by atoms with Gasteiger partial charge >= 0.3 is 5.97 Å². The lowest BCUT2D eigenvalue weighted by Crippen LogP contribution is -2.51. The van der Waals surface area contributed by atoms with Crippen LogP contribution in [0.25, 0.3) is 0 Å². The van der Waals surface area contributed by atoms with Crippen LogP contribution in [0.3, 0.4) is 0 Å². The molecule has 0 bridgehead atoms. The summed E-state index contributed by atoms with van der Waals surface area (Å²) < 4.78 is 128. The van der Waals surface area contributed by atoms with E-state index in [1.54, 1.807) is 4.90 Å². The van der Waals surface area contributed by atoms with Crippen LogP contribution in [0.5, 0.6) is 11.5 Å². The number of carbonyl (C=O) groups is 1. The summed E-state index contributed by atoms with van der Waals surface area (Å²) in [5.74, 6) is -6.89. The van der Waals surface area contributed by atoms with E-state index in [1.165, 1.54) is 7.11 Å². The predicted molar refractivity (Wildman–Crippen MR) is 118 cm³/mol. The lowest BCUT2D eigenvalue weighted by atomic mass is 9.79. The molecule has 4 atom stereocenters. The van der Waals surface area contributed by atoms with Gasteiger partial charge in [0.1, 0.15) is 12.1 Å². The predicted octanol–water partition coefficient (Wildman–Crippen LogP) is 3.56. The summed E-state index contributed by atoms with van der Waals surface area (Å²) in [5.41, 5.74) is 5.92. The molecule has 1 aromatic carbocycles. The van der Waals surface area contributed by atoms with E-state index in [-0.39, 0.29) is 48.3 Å². The minimum atomic E-state index is -3.78. The zero-order valence-electron chi connectivity index (χ0n) is 31.4. The van der Waals surface area contributed by atoms with Crippen molar-refractivity contribution in [3.8, 4) is 11.5 Å². The van der Waals surface area contributed by atoms with Gasteiger partial charge in [0, 0.05) is 41.0 Å². The second-order valence-corrected chi connectivity index (χ2v) is 8.04. The van der Waals surface area contributed by atoms with Gasteiger partial charge in [-0.2, -0.15) is 0 Å². The standard InChI is InChI=1S/C24H38N2O4/c1-14(2)9-17-13-26-8-7-16-10-21(28-5)22(29-6)11-18(16)19(26)12-20(17)30-24(27)23(25)15(3)4/h10-11,14-15,17,19-20,23H,7-9,12-13,25H2,1-6H3/t17?,19?,20?,23-/m0/s1/i3D3,4D3,6D3,10D,11D,15D,19D,23D. The first-order chi connectivity index (χ1) is 19.7. The minimum absolute atomic E-state index is 0.0327. The quantitative estimate of drug-likeness (QED) is 0.664. The fourth-order valence-electron chi connectivity index (χ4n) is 4.15. The molecule has 0 radical (unpaired) electrons. The highest BCUT2D eigenvalue weighted by molar-refractivity contribution is 5.76. The Kier molecular flexibility index (Phi) is 3.41. The molecule has 1 saturated heterocycles. The molecule has 1 aromatic rings. The zero-order valence-corrected chi connectivity index (χ0v) is 17.4. The largest absolute Gasteiger partial charge is 0.493 e. The van der Waals surface area contributed by atoms with Crippen LogP contribution in [-0.2, 0) is 16.0 Å². The van der Waals surface area contributed by atoms with Crippen LogP contribution < -0.4 is 15.2 Å². The van der Waals surface area contributed by atoms with E-state index < -0.39 is 74.9 Å². The molecule has 0 spiro atoms. The molecule has 3 unspecified atom stereocenters. The van der Waals surface area contributed by atoms with Crippen molar-refractivity contribution in [2.75, 3.05) is 27.2 Å². The third-order valence-electron chi connectivity index (χ3n) is 5.52. The molecular weight excluding hydrogens is 380 g/mol. The lowest BCUT2D eigenvalue weighted by Gasteiger charge is -2.47. The second kappa shape index (κ2) is 9.56. The van der Waals surface area contributed by atoms with Crippen LogP contribution in [0.2, 0.25) is 0 Å². The smallest absolute Gasteiger partial charge is 0.323 e. The first kappa shape index (κ1) is 10.7. The molecule has 2 aliphatic rings. The maximum absolute atomic E-state index is 13.4. The summed E-state index contributed by atoms with van der Waals surface area (Å²) in [4.78, 5) is 15.1. The molecule has 6 heteroatoms. The fraction of sp³-hybridized carbons (Fsp3) is 0.708. The molecule has 3 rings (SSSR count). The molecule has 168 valence electrons. The fourth-order valence-corrected chi connectivity index (χ4v) is 4.15. The van der Waals surface area contributed by atoms with E-state index in [0.29, 0.717) is 6.42 Å². The highest BCUT2D eigenvalue weighted by atomic mass is 16.5. The Morgan fingerprint density at radius 1 is 1.40 bits per heavy atom. The lowest BCUT2D eigenvalue weighted by molar-refractivity contribution is -0.160. The first-order valence-electron chi connectivity index (χ1n) is 16.9. The van der Waals surface area contributed by atoms with Crippen molar-refractivity contribution >= 4 is 5.97 Å². The van der Waals surface area contributed by atoms with Gasteiger partial charge < -0.3 is 19.9 Å². The van der Waals surface area contributed by atoms with E-state index in [0.717, 1.165) is 0 Å². The maximum atomic E-state index is 13.4. The van der Waals surface area contributed by atoms with Crippen molar-refractivity contribution in [1.82, 2.24) is 4.90 Å². The van der Waals surface area contributed by atoms with Gasteiger partial charge in [-0.05, 0) is 47.9 Å². The Morgan fingerprint density at radius 2 is 2.17 bits per heavy atom.